The molecule has 4 aromatic carbocycles. The second-order valence-electron chi connectivity index (χ2n) is 11.4. The Morgan fingerprint density at radius 3 is 2.20 bits per heavy atom. The van der Waals surface area contributed by atoms with E-state index in [9.17, 15) is 31.2 Å². The van der Waals surface area contributed by atoms with E-state index in [-0.39, 0.29) is 16.9 Å². The van der Waals surface area contributed by atoms with Crippen molar-refractivity contribution < 1.29 is 35.6 Å². The number of nitrogens with one attached hydrogen (secondary N) is 1. The van der Waals surface area contributed by atoms with Crippen LogP contribution < -0.4 is 9.62 Å². The molecule has 0 radical (unpaired) electrons. The van der Waals surface area contributed by atoms with Crippen LogP contribution in [0.3, 0.4) is 0 Å². The number of benzene rings is 4. The quantitative estimate of drug-likeness (QED) is 0.108. The summed E-state index contributed by atoms with van der Waals surface area (Å²) in [7, 11) is -4.68. The monoisotopic (exact) mass is 717 g/mol. The first-order valence-electron chi connectivity index (χ1n) is 15.5. The Balaban J connectivity index is 1.86. The summed E-state index contributed by atoms with van der Waals surface area (Å²) in [6.07, 6.45) is -3.53. The zero-order chi connectivity index (χ0) is 35.8. The van der Waals surface area contributed by atoms with Crippen molar-refractivity contribution in [1.29, 1.82) is 0 Å². The Labute approximate surface area is 288 Å². The lowest BCUT2D eigenvalue weighted by atomic mass is 10.0. The summed E-state index contributed by atoms with van der Waals surface area (Å²) in [5.41, 5.74) is -0.344. The summed E-state index contributed by atoms with van der Waals surface area (Å²) < 4.78 is 85.7. The Hall–Kier alpha value is -4.42. The first kappa shape index (κ1) is 37.4. The number of halogens is 5. The number of aryl methyl sites for hydroxylation is 1. The van der Waals surface area contributed by atoms with E-state index >= 15 is 4.39 Å². The second-order valence-corrected chi connectivity index (χ2v) is 13.7. The molecule has 0 heterocycles. The first-order chi connectivity index (χ1) is 23.2. The van der Waals surface area contributed by atoms with Gasteiger partial charge in [-0.1, -0.05) is 91.2 Å². The fourth-order valence-corrected chi connectivity index (χ4v) is 6.75. The Morgan fingerprint density at radius 1 is 0.918 bits per heavy atom. The molecule has 0 fully saturated rings. The van der Waals surface area contributed by atoms with Gasteiger partial charge in [-0.2, -0.15) is 13.2 Å². The van der Waals surface area contributed by atoms with E-state index in [1.165, 1.54) is 42.5 Å². The van der Waals surface area contributed by atoms with Crippen molar-refractivity contribution in [2.24, 2.45) is 0 Å². The van der Waals surface area contributed by atoms with E-state index in [4.69, 9.17) is 11.6 Å². The molecule has 4 rings (SSSR count). The molecule has 4 aromatic rings. The molecule has 0 aliphatic heterocycles. The van der Waals surface area contributed by atoms with Crippen molar-refractivity contribution in [2.75, 3.05) is 17.4 Å². The van der Waals surface area contributed by atoms with Crippen LogP contribution in [0.25, 0.3) is 0 Å². The molecule has 13 heteroatoms. The van der Waals surface area contributed by atoms with Gasteiger partial charge in [0.1, 0.15) is 18.4 Å². The highest BCUT2D eigenvalue weighted by Gasteiger charge is 2.38. The number of amides is 2. The van der Waals surface area contributed by atoms with E-state index in [0.717, 1.165) is 29.0 Å². The molecule has 1 unspecified atom stereocenters. The topological polar surface area (TPSA) is 86.8 Å². The summed E-state index contributed by atoms with van der Waals surface area (Å²) >= 11 is 5.86. The standard InChI is InChI=1S/C36H36ClF4N3O4S/c1-3-4-20-42-35(46)33(21-26-10-6-5-7-11-26)43(23-27-12-8-9-13-32(27)38)34(45)24-44(49(47,48)29-17-14-25(2)15-18-29)28-16-19-31(37)30(22-28)36(39,40)41/h5-19,22,33H,3-4,20-21,23-24H2,1-2H3,(H,42,46). The van der Waals surface area contributed by atoms with Gasteiger partial charge in [-0.15, -0.1) is 0 Å². The molecule has 0 spiro atoms. The van der Waals surface area contributed by atoms with Crippen LogP contribution in [0.1, 0.15) is 42.0 Å². The van der Waals surface area contributed by atoms with E-state index in [2.05, 4.69) is 5.32 Å². The van der Waals surface area contributed by atoms with E-state index < -0.39 is 69.2 Å². The minimum absolute atomic E-state index is 0.0110. The predicted molar refractivity (Wildman–Crippen MR) is 181 cm³/mol. The van der Waals surface area contributed by atoms with Crippen LogP contribution in [0.4, 0.5) is 23.2 Å². The minimum Gasteiger partial charge on any atom is -0.354 e. The van der Waals surface area contributed by atoms with Gasteiger partial charge in [0.2, 0.25) is 11.8 Å². The molecule has 260 valence electrons. The van der Waals surface area contributed by atoms with Crippen molar-refractivity contribution in [3.05, 3.63) is 130 Å². The van der Waals surface area contributed by atoms with Gasteiger partial charge in [-0.25, -0.2) is 12.8 Å². The lowest BCUT2D eigenvalue weighted by Gasteiger charge is -2.34. The van der Waals surface area contributed by atoms with Gasteiger partial charge >= 0.3 is 6.18 Å². The number of carbonyl (C=O) groups excluding carboxylic acids is 2. The van der Waals surface area contributed by atoms with Crippen molar-refractivity contribution in [1.82, 2.24) is 10.2 Å². The van der Waals surface area contributed by atoms with Gasteiger partial charge in [0.25, 0.3) is 10.0 Å². The predicted octanol–water partition coefficient (Wildman–Crippen LogP) is 7.56. The third-order valence-corrected chi connectivity index (χ3v) is 9.95. The fourth-order valence-electron chi connectivity index (χ4n) is 5.12. The normalized spacial score (nSPS) is 12.3. The number of alkyl halides is 3. The molecule has 0 saturated carbocycles. The molecule has 2 amide bonds. The van der Waals surface area contributed by atoms with Crippen molar-refractivity contribution in [3.63, 3.8) is 0 Å². The number of rotatable bonds is 14. The molecule has 49 heavy (non-hydrogen) atoms. The summed E-state index contributed by atoms with van der Waals surface area (Å²) in [6, 6.07) is 21.3. The molecule has 7 nitrogen and oxygen atoms in total. The molecule has 0 saturated heterocycles. The molecule has 0 bridgehead atoms. The highest BCUT2D eigenvalue weighted by molar-refractivity contribution is 7.92. The van der Waals surface area contributed by atoms with Gasteiger partial charge < -0.3 is 10.2 Å². The van der Waals surface area contributed by atoms with Gasteiger partial charge in [0.05, 0.1) is 21.2 Å². The van der Waals surface area contributed by atoms with E-state index in [0.29, 0.717) is 28.9 Å². The van der Waals surface area contributed by atoms with Crippen molar-refractivity contribution in [3.8, 4) is 0 Å². The summed E-state index contributed by atoms with van der Waals surface area (Å²) in [5, 5.41) is 2.15. The molecule has 0 aliphatic carbocycles. The smallest absolute Gasteiger partial charge is 0.354 e. The average molecular weight is 718 g/mol. The van der Waals surface area contributed by atoms with Crippen molar-refractivity contribution in [2.45, 2.75) is 56.8 Å². The third kappa shape index (κ3) is 9.60. The molecular weight excluding hydrogens is 682 g/mol. The van der Waals surface area contributed by atoms with Gasteiger partial charge in [0.15, 0.2) is 0 Å². The molecule has 1 N–H and O–H groups in total. The first-order valence-corrected chi connectivity index (χ1v) is 17.3. The summed E-state index contributed by atoms with van der Waals surface area (Å²) in [6.45, 7) is 2.51. The third-order valence-electron chi connectivity index (χ3n) is 7.83. The molecule has 0 aliphatic rings. The van der Waals surface area contributed by atoms with Crippen LogP contribution in [-0.4, -0.2) is 44.3 Å². The zero-order valence-electron chi connectivity index (χ0n) is 26.9. The maximum absolute atomic E-state index is 15.1. The lowest BCUT2D eigenvalue weighted by molar-refractivity contribution is -0.140. The van der Waals surface area contributed by atoms with Gasteiger partial charge in [-0.3, -0.25) is 13.9 Å². The highest BCUT2D eigenvalue weighted by atomic mass is 35.5. The number of carbonyl (C=O) groups is 2. The average Bonchev–Trinajstić information content (AvgIpc) is 3.06. The van der Waals surface area contributed by atoms with Gasteiger partial charge in [0, 0.05) is 25.1 Å². The maximum atomic E-state index is 15.1. The SMILES string of the molecule is CCCCNC(=O)C(Cc1ccccc1)N(Cc1ccccc1F)C(=O)CN(c1ccc(Cl)c(C(F)(F)F)c1)S(=O)(=O)c1ccc(C)cc1. The van der Waals surface area contributed by atoms with Crippen LogP contribution >= 0.6 is 11.6 Å². The van der Waals surface area contributed by atoms with Crippen LogP contribution in [-0.2, 0) is 38.8 Å². The number of hydrogen-bond donors (Lipinski definition) is 1. The molecule has 0 aromatic heterocycles. The highest BCUT2D eigenvalue weighted by Crippen LogP contribution is 2.38. The summed E-state index contributed by atoms with van der Waals surface area (Å²) in [4.78, 5) is 29.0. The van der Waals surface area contributed by atoms with Crippen LogP contribution in [0.2, 0.25) is 5.02 Å². The second kappa shape index (κ2) is 16.3. The molecular formula is C36H36ClF4N3O4S. The Morgan fingerprint density at radius 2 is 1.57 bits per heavy atom. The number of hydrogen-bond acceptors (Lipinski definition) is 4. The largest absolute Gasteiger partial charge is 0.417 e. The Kier molecular flexibility index (Phi) is 12.5. The van der Waals surface area contributed by atoms with Crippen LogP contribution in [0, 0.1) is 12.7 Å². The van der Waals surface area contributed by atoms with Gasteiger partial charge in [-0.05, 0) is 55.3 Å². The van der Waals surface area contributed by atoms with E-state index in [1.807, 2.05) is 6.92 Å². The number of anilines is 1. The van der Waals surface area contributed by atoms with Crippen LogP contribution in [0.5, 0.6) is 0 Å². The van der Waals surface area contributed by atoms with Crippen molar-refractivity contribution >= 4 is 39.1 Å². The minimum atomic E-state index is -4.94. The number of nitrogens with zero attached hydrogens (tertiary/aromatic N) is 2. The molecule has 1 atom stereocenters. The zero-order valence-corrected chi connectivity index (χ0v) is 28.5. The fraction of sp³-hybridized carbons (Fsp3) is 0.278. The number of sulfonamides is 1. The number of unbranched alkanes of at least 4 members (excludes halogenated alkanes) is 1. The van der Waals surface area contributed by atoms with E-state index in [1.54, 1.807) is 43.3 Å². The maximum Gasteiger partial charge on any atom is 0.417 e. The summed E-state index contributed by atoms with van der Waals surface area (Å²) in [5.74, 6) is -2.17. The van der Waals surface area contributed by atoms with Crippen LogP contribution in [0.15, 0.2) is 102 Å². The lowest BCUT2D eigenvalue weighted by Crippen LogP contribution is -2.53. The Bertz CT molecular complexity index is 1860.